The highest BCUT2D eigenvalue weighted by Crippen LogP contribution is 2.36. The molecule has 0 saturated heterocycles. The van der Waals surface area contributed by atoms with Crippen LogP contribution in [-0.4, -0.2) is 20.8 Å². The minimum atomic E-state index is -0.599. The van der Waals surface area contributed by atoms with Crippen LogP contribution in [0.3, 0.4) is 0 Å². The number of nitrogens with one attached hydrogen (secondary N) is 2. The van der Waals surface area contributed by atoms with Crippen molar-refractivity contribution in [3.05, 3.63) is 81.1 Å². The first-order valence-electron chi connectivity index (χ1n) is 8.00. The zero-order valence-corrected chi connectivity index (χ0v) is 16.1. The van der Waals surface area contributed by atoms with E-state index >= 15 is 0 Å². The molecular weight excluding hydrogens is 402 g/mol. The van der Waals surface area contributed by atoms with E-state index in [1.54, 1.807) is 48.5 Å². The molecule has 0 aliphatic heterocycles. The molecule has 8 nitrogen and oxygen atoms in total. The van der Waals surface area contributed by atoms with Gasteiger partial charge in [0.05, 0.1) is 4.92 Å². The smallest absolute Gasteiger partial charge is 0.276 e. The number of hydrazine groups is 1. The van der Waals surface area contributed by atoms with Crippen LogP contribution in [0.4, 0.5) is 11.5 Å². The third-order valence-corrected chi connectivity index (χ3v) is 4.86. The van der Waals surface area contributed by atoms with Crippen molar-refractivity contribution < 1.29 is 9.72 Å². The minimum Gasteiger partial charge on any atom is -0.276 e. The maximum absolute atomic E-state index is 12.2. The molecule has 1 aromatic heterocycles. The van der Waals surface area contributed by atoms with Gasteiger partial charge in [0.15, 0.2) is 5.03 Å². The lowest BCUT2D eigenvalue weighted by Gasteiger charge is -2.10. The average Bonchev–Trinajstić information content (AvgIpc) is 2.68. The molecule has 0 spiro atoms. The summed E-state index contributed by atoms with van der Waals surface area (Å²) in [5.41, 5.74) is 6.01. The molecule has 3 aromatic rings. The molecule has 1 heterocycles. The molecular formula is C18H14ClN5O3S. The molecule has 0 radical (unpaired) electrons. The molecule has 0 atom stereocenters. The Morgan fingerprint density at radius 2 is 1.79 bits per heavy atom. The van der Waals surface area contributed by atoms with E-state index in [0.717, 1.165) is 22.2 Å². The number of halogens is 1. The topological polar surface area (TPSA) is 110 Å². The summed E-state index contributed by atoms with van der Waals surface area (Å²) >= 11 is 6.95. The van der Waals surface area contributed by atoms with Gasteiger partial charge in [0.25, 0.3) is 5.91 Å². The molecule has 142 valence electrons. The highest BCUT2D eigenvalue weighted by molar-refractivity contribution is 7.99. The van der Waals surface area contributed by atoms with Crippen LogP contribution < -0.4 is 10.9 Å². The Bertz CT molecular complexity index is 1010. The van der Waals surface area contributed by atoms with Gasteiger partial charge in [0, 0.05) is 15.5 Å². The van der Waals surface area contributed by atoms with Gasteiger partial charge in [-0.3, -0.25) is 25.8 Å². The quantitative estimate of drug-likeness (QED) is 0.351. The molecule has 0 saturated carbocycles. The molecule has 2 N–H and O–H groups in total. The maximum Gasteiger partial charge on any atom is 0.345 e. The zero-order chi connectivity index (χ0) is 20.1. The van der Waals surface area contributed by atoms with Crippen LogP contribution in [0, 0.1) is 17.0 Å². The zero-order valence-electron chi connectivity index (χ0n) is 14.5. The van der Waals surface area contributed by atoms with E-state index in [4.69, 9.17) is 11.6 Å². The van der Waals surface area contributed by atoms with Crippen LogP contribution in [0.1, 0.15) is 15.9 Å². The third-order valence-electron chi connectivity index (χ3n) is 3.61. The monoisotopic (exact) mass is 415 g/mol. The number of hydrogen-bond acceptors (Lipinski definition) is 7. The number of carbonyl (C=O) groups is 1. The fourth-order valence-electron chi connectivity index (χ4n) is 2.20. The van der Waals surface area contributed by atoms with Gasteiger partial charge < -0.3 is 0 Å². The fraction of sp³-hybridized carbons (Fsp3) is 0.0556. The highest BCUT2D eigenvalue weighted by Gasteiger charge is 2.24. The van der Waals surface area contributed by atoms with Gasteiger partial charge in [0.1, 0.15) is 6.33 Å². The summed E-state index contributed by atoms with van der Waals surface area (Å²) in [6.07, 6.45) is 1.19. The molecule has 10 heteroatoms. The average molecular weight is 416 g/mol. The summed E-state index contributed by atoms with van der Waals surface area (Å²) in [7, 11) is 0. The summed E-state index contributed by atoms with van der Waals surface area (Å²) in [5, 5.41) is 12.3. The summed E-state index contributed by atoms with van der Waals surface area (Å²) in [5.74, 6) is -0.559. The Labute approximate surface area is 169 Å². The number of nitrogens with zero attached hydrogens (tertiary/aromatic N) is 3. The molecule has 2 aromatic carbocycles. The lowest BCUT2D eigenvalue weighted by Crippen LogP contribution is -2.30. The van der Waals surface area contributed by atoms with Gasteiger partial charge >= 0.3 is 5.69 Å². The molecule has 0 fully saturated rings. The summed E-state index contributed by atoms with van der Waals surface area (Å²) in [6.45, 7) is 1.91. The number of rotatable bonds is 6. The SMILES string of the molecule is Cc1ccc(C(=O)NNc2ncnc(Sc3ccc(Cl)cc3)c2[N+](=O)[O-])cc1. The summed E-state index contributed by atoms with van der Waals surface area (Å²) < 4.78 is 0. The summed E-state index contributed by atoms with van der Waals surface area (Å²) in [6, 6.07) is 13.7. The second kappa shape index (κ2) is 8.68. The van der Waals surface area contributed by atoms with E-state index < -0.39 is 10.8 Å². The van der Waals surface area contributed by atoms with Crippen LogP contribution in [0.5, 0.6) is 0 Å². The lowest BCUT2D eigenvalue weighted by molar-refractivity contribution is -0.387. The molecule has 28 heavy (non-hydrogen) atoms. The number of aromatic nitrogens is 2. The van der Waals surface area contributed by atoms with Gasteiger partial charge in [-0.15, -0.1) is 0 Å². The van der Waals surface area contributed by atoms with Gasteiger partial charge in [-0.25, -0.2) is 9.97 Å². The van der Waals surface area contributed by atoms with Gasteiger partial charge in [0.2, 0.25) is 5.82 Å². The predicted molar refractivity (Wildman–Crippen MR) is 107 cm³/mol. The molecule has 0 bridgehead atoms. The predicted octanol–water partition coefficient (Wildman–Crippen LogP) is 4.25. The van der Waals surface area contributed by atoms with Gasteiger partial charge in [-0.05, 0) is 43.3 Å². The Hall–Kier alpha value is -3.17. The van der Waals surface area contributed by atoms with Crippen molar-refractivity contribution in [1.82, 2.24) is 15.4 Å². The van der Waals surface area contributed by atoms with Crippen molar-refractivity contribution >= 4 is 40.8 Å². The third kappa shape index (κ3) is 4.76. The molecule has 0 aliphatic rings. The Kier molecular flexibility index (Phi) is 6.07. The Balaban J connectivity index is 1.80. The van der Waals surface area contributed by atoms with Crippen LogP contribution in [-0.2, 0) is 0 Å². The van der Waals surface area contributed by atoms with E-state index in [0.29, 0.717) is 10.6 Å². The van der Waals surface area contributed by atoms with Crippen molar-refractivity contribution in [1.29, 1.82) is 0 Å². The Morgan fingerprint density at radius 1 is 1.11 bits per heavy atom. The van der Waals surface area contributed by atoms with Crippen LogP contribution in [0.25, 0.3) is 0 Å². The normalized spacial score (nSPS) is 10.4. The first-order valence-corrected chi connectivity index (χ1v) is 9.19. The van der Waals surface area contributed by atoms with Crippen molar-refractivity contribution in [3.63, 3.8) is 0 Å². The minimum absolute atomic E-state index is 0.114. The maximum atomic E-state index is 12.2. The second-order valence-corrected chi connectivity index (χ2v) is 7.13. The van der Waals surface area contributed by atoms with E-state index in [9.17, 15) is 14.9 Å². The number of hydrogen-bond donors (Lipinski definition) is 2. The number of amides is 1. The Morgan fingerprint density at radius 3 is 2.43 bits per heavy atom. The van der Waals surface area contributed by atoms with Crippen LogP contribution >= 0.6 is 23.4 Å². The standard InChI is InChI=1S/C18H14ClN5O3S/c1-11-2-4-12(5-3-11)17(25)23-22-16-15(24(26)27)18(21-10-20-16)28-14-8-6-13(19)7-9-14/h2-10H,1H3,(H,23,25)(H,20,21,22). The number of anilines is 1. The van der Waals surface area contributed by atoms with Crippen molar-refractivity contribution in [3.8, 4) is 0 Å². The van der Waals surface area contributed by atoms with Gasteiger partial charge in [-0.2, -0.15) is 0 Å². The van der Waals surface area contributed by atoms with Crippen molar-refractivity contribution in [2.45, 2.75) is 16.8 Å². The number of nitro groups is 1. The van der Waals surface area contributed by atoms with E-state index in [1.165, 1.54) is 6.33 Å². The van der Waals surface area contributed by atoms with Crippen LogP contribution in [0.15, 0.2) is 64.8 Å². The highest BCUT2D eigenvalue weighted by atomic mass is 35.5. The first-order chi connectivity index (χ1) is 13.4. The van der Waals surface area contributed by atoms with E-state index in [-0.39, 0.29) is 16.5 Å². The molecule has 0 aliphatic carbocycles. The lowest BCUT2D eigenvalue weighted by atomic mass is 10.1. The largest absolute Gasteiger partial charge is 0.345 e. The van der Waals surface area contributed by atoms with Crippen LogP contribution in [0.2, 0.25) is 5.02 Å². The van der Waals surface area contributed by atoms with E-state index in [2.05, 4.69) is 20.8 Å². The first kappa shape index (κ1) is 19.6. The number of benzene rings is 2. The molecule has 3 rings (SSSR count). The number of aryl methyl sites for hydroxylation is 1. The number of carbonyl (C=O) groups excluding carboxylic acids is 1. The molecule has 0 unspecified atom stereocenters. The van der Waals surface area contributed by atoms with Crippen molar-refractivity contribution in [2.75, 3.05) is 5.43 Å². The fourth-order valence-corrected chi connectivity index (χ4v) is 3.19. The van der Waals surface area contributed by atoms with Gasteiger partial charge in [-0.1, -0.05) is 41.1 Å². The summed E-state index contributed by atoms with van der Waals surface area (Å²) in [4.78, 5) is 31.8. The van der Waals surface area contributed by atoms with E-state index in [1.807, 2.05) is 6.92 Å². The second-order valence-electron chi connectivity index (χ2n) is 5.63. The van der Waals surface area contributed by atoms with Crippen molar-refractivity contribution in [2.24, 2.45) is 0 Å². The molecule has 1 amide bonds.